The Kier molecular flexibility index (Phi) is 3.05. The second kappa shape index (κ2) is 4.12. The summed E-state index contributed by atoms with van der Waals surface area (Å²) in [5, 5.41) is 8.67. The largest absolute Gasteiger partial charge is 0.446 e. The smallest absolute Gasteiger partial charge is 0.273 e. The second-order valence-corrected chi connectivity index (χ2v) is 6.82. The monoisotopic (exact) mass is 259 g/mol. The Morgan fingerprint density at radius 2 is 2.18 bits per heavy atom. The van der Waals surface area contributed by atoms with Gasteiger partial charge in [0.05, 0.1) is 0 Å². The maximum atomic E-state index is 11.8. The van der Waals surface area contributed by atoms with Crippen LogP contribution < -0.4 is 4.72 Å². The van der Waals surface area contributed by atoms with Gasteiger partial charge in [-0.2, -0.15) is 0 Å². The first-order chi connectivity index (χ1) is 7.85. The minimum Gasteiger partial charge on any atom is -0.446 e. The van der Waals surface area contributed by atoms with Crippen molar-refractivity contribution in [2.24, 2.45) is 11.3 Å². The van der Waals surface area contributed by atoms with E-state index in [1.54, 1.807) is 0 Å². The first-order valence-electron chi connectivity index (χ1n) is 5.54. The molecule has 1 aromatic rings. The molecule has 0 saturated heterocycles. The molecular weight excluding hydrogens is 242 g/mol. The topological polar surface area (TPSA) is 79.5 Å². The SMILES string of the molecule is CC1(C)CC1CNS(=O)(=O)c1ccc(CO)o1. The van der Waals surface area contributed by atoms with Crippen LogP contribution in [0, 0.1) is 11.3 Å². The number of aliphatic hydroxyl groups is 1. The Morgan fingerprint density at radius 3 is 2.65 bits per heavy atom. The summed E-state index contributed by atoms with van der Waals surface area (Å²) >= 11 is 0. The van der Waals surface area contributed by atoms with Gasteiger partial charge in [0.2, 0.25) is 5.09 Å². The predicted molar refractivity (Wildman–Crippen MR) is 61.7 cm³/mol. The summed E-state index contributed by atoms with van der Waals surface area (Å²) in [4.78, 5) is 0. The van der Waals surface area contributed by atoms with E-state index in [2.05, 4.69) is 18.6 Å². The highest BCUT2D eigenvalue weighted by Crippen LogP contribution is 2.51. The number of aliphatic hydroxyl groups excluding tert-OH is 1. The van der Waals surface area contributed by atoms with Crippen molar-refractivity contribution in [2.45, 2.75) is 32.0 Å². The van der Waals surface area contributed by atoms with Gasteiger partial charge in [-0.1, -0.05) is 13.8 Å². The lowest BCUT2D eigenvalue weighted by Gasteiger charge is -2.05. The van der Waals surface area contributed by atoms with Crippen LogP contribution in [0.4, 0.5) is 0 Å². The zero-order chi connectivity index (χ0) is 12.7. The van der Waals surface area contributed by atoms with E-state index in [4.69, 9.17) is 9.52 Å². The third-order valence-corrected chi connectivity index (χ3v) is 4.59. The summed E-state index contributed by atoms with van der Waals surface area (Å²) in [5.41, 5.74) is 0.238. The highest BCUT2D eigenvalue weighted by atomic mass is 32.2. The Bertz CT molecular complexity index is 503. The normalized spacial score (nSPS) is 22.6. The van der Waals surface area contributed by atoms with Crippen LogP contribution in [0.2, 0.25) is 0 Å². The van der Waals surface area contributed by atoms with E-state index in [-0.39, 0.29) is 22.9 Å². The molecule has 1 aliphatic carbocycles. The minimum atomic E-state index is -3.58. The minimum absolute atomic E-state index is 0.139. The van der Waals surface area contributed by atoms with Gasteiger partial charge in [-0.25, -0.2) is 13.1 Å². The van der Waals surface area contributed by atoms with Crippen LogP contribution in [0.15, 0.2) is 21.6 Å². The molecule has 17 heavy (non-hydrogen) atoms. The van der Waals surface area contributed by atoms with Crippen LogP contribution in [0.5, 0.6) is 0 Å². The molecule has 1 aromatic heterocycles. The van der Waals surface area contributed by atoms with Crippen molar-refractivity contribution in [3.05, 3.63) is 17.9 Å². The average Bonchev–Trinajstić information content (AvgIpc) is 2.68. The molecular formula is C11H17NO4S. The van der Waals surface area contributed by atoms with E-state index >= 15 is 0 Å². The molecule has 2 rings (SSSR count). The molecule has 5 nitrogen and oxygen atoms in total. The Hall–Kier alpha value is -0.850. The third-order valence-electron chi connectivity index (χ3n) is 3.29. The van der Waals surface area contributed by atoms with Crippen molar-refractivity contribution in [3.63, 3.8) is 0 Å². The highest BCUT2D eigenvalue weighted by molar-refractivity contribution is 7.89. The van der Waals surface area contributed by atoms with E-state index in [0.29, 0.717) is 12.5 Å². The van der Waals surface area contributed by atoms with Crippen molar-refractivity contribution in [2.75, 3.05) is 6.54 Å². The highest BCUT2D eigenvalue weighted by Gasteiger charge is 2.45. The molecule has 1 fully saturated rings. The average molecular weight is 259 g/mol. The number of hydrogen-bond acceptors (Lipinski definition) is 4. The molecule has 0 radical (unpaired) electrons. The zero-order valence-corrected chi connectivity index (χ0v) is 10.8. The van der Waals surface area contributed by atoms with Crippen molar-refractivity contribution in [1.82, 2.24) is 4.72 Å². The molecule has 2 N–H and O–H groups in total. The first-order valence-corrected chi connectivity index (χ1v) is 7.03. The van der Waals surface area contributed by atoms with Gasteiger partial charge < -0.3 is 9.52 Å². The van der Waals surface area contributed by atoms with E-state index in [0.717, 1.165) is 6.42 Å². The van der Waals surface area contributed by atoms with E-state index in [9.17, 15) is 8.42 Å². The van der Waals surface area contributed by atoms with E-state index in [1.165, 1.54) is 12.1 Å². The Morgan fingerprint density at radius 1 is 1.53 bits per heavy atom. The molecule has 1 heterocycles. The van der Waals surface area contributed by atoms with Gasteiger partial charge in [0.15, 0.2) is 0 Å². The standard InChI is InChI=1S/C11H17NO4S/c1-11(2)5-8(11)6-12-17(14,15)10-4-3-9(7-13)16-10/h3-4,8,12-13H,5-7H2,1-2H3. The van der Waals surface area contributed by atoms with Crippen LogP contribution in [0.1, 0.15) is 26.0 Å². The maximum absolute atomic E-state index is 11.8. The predicted octanol–water partition coefficient (Wildman–Crippen LogP) is 1.10. The molecule has 1 aliphatic rings. The zero-order valence-electron chi connectivity index (χ0n) is 9.93. The fourth-order valence-corrected chi connectivity index (χ4v) is 2.82. The van der Waals surface area contributed by atoms with Crippen molar-refractivity contribution < 1.29 is 17.9 Å². The molecule has 1 atom stereocenters. The summed E-state index contributed by atoms with van der Waals surface area (Å²) in [7, 11) is -3.58. The molecule has 96 valence electrons. The van der Waals surface area contributed by atoms with Gasteiger partial charge in [-0.05, 0) is 29.9 Å². The summed E-state index contributed by atoms with van der Waals surface area (Å²) in [6.45, 7) is 4.36. The molecule has 0 amide bonds. The maximum Gasteiger partial charge on any atom is 0.273 e. The number of rotatable bonds is 5. The van der Waals surface area contributed by atoms with Gasteiger partial charge in [0.25, 0.3) is 10.0 Å². The quantitative estimate of drug-likeness (QED) is 0.829. The molecule has 0 aliphatic heterocycles. The Labute approximate surface area is 101 Å². The summed E-state index contributed by atoms with van der Waals surface area (Å²) in [6.07, 6.45) is 1.04. The summed E-state index contributed by atoms with van der Waals surface area (Å²) < 4.78 is 31.2. The second-order valence-electron chi connectivity index (χ2n) is 5.12. The van der Waals surface area contributed by atoms with Crippen molar-refractivity contribution in [3.8, 4) is 0 Å². The molecule has 0 aromatic carbocycles. The third kappa shape index (κ3) is 2.70. The van der Waals surface area contributed by atoms with Gasteiger partial charge in [0, 0.05) is 6.54 Å². The van der Waals surface area contributed by atoms with Crippen molar-refractivity contribution >= 4 is 10.0 Å². The van der Waals surface area contributed by atoms with E-state index < -0.39 is 10.0 Å². The van der Waals surface area contributed by atoms with Crippen LogP contribution in [0.25, 0.3) is 0 Å². The lowest BCUT2D eigenvalue weighted by molar-refractivity contribution is 0.236. The molecule has 1 unspecified atom stereocenters. The van der Waals surface area contributed by atoms with Crippen LogP contribution in [-0.4, -0.2) is 20.1 Å². The summed E-state index contributed by atoms with van der Waals surface area (Å²) in [5.74, 6) is 0.640. The molecule has 6 heteroatoms. The molecule has 0 bridgehead atoms. The van der Waals surface area contributed by atoms with Gasteiger partial charge in [0.1, 0.15) is 12.4 Å². The van der Waals surface area contributed by atoms with Crippen LogP contribution in [0.3, 0.4) is 0 Å². The van der Waals surface area contributed by atoms with Gasteiger partial charge >= 0.3 is 0 Å². The fourth-order valence-electron chi connectivity index (χ4n) is 1.79. The lowest BCUT2D eigenvalue weighted by atomic mass is 10.1. The van der Waals surface area contributed by atoms with Gasteiger partial charge in [-0.3, -0.25) is 0 Å². The van der Waals surface area contributed by atoms with E-state index in [1.807, 2.05) is 0 Å². The van der Waals surface area contributed by atoms with Crippen LogP contribution in [-0.2, 0) is 16.6 Å². The lowest BCUT2D eigenvalue weighted by Crippen LogP contribution is -2.26. The number of hydrogen-bond donors (Lipinski definition) is 2. The molecule has 0 spiro atoms. The number of nitrogens with one attached hydrogen (secondary N) is 1. The number of sulfonamides is 1. The summed E-state index contributed by atoms with van der Waals surface area (Å²) in [6, 6.07) is 2.81. The fraction of sp³-hybridized carbons (Fsp3) is 0.636. The van der Waals surface area contributed by atoms with Crippen molar-refractivity contribution in [1.29, 1.82) is 0 Å². The Balaban J connectivity index is 1.99. The first kappa shape index (κ1) is 12.6. The number of furan rings is 1. The molecule has 1 saturated carbocycles. The van der Waals surface area contributed by atoms with Gasteiger partial charge in [-0.15, -0.1) is 0 Å². The van der Waals surface area contributed by atoms with Crippen LogP contribution >= 0.6 is 0 Å².